The normalized spacial score (nSPS) is 11.7. The van der Waals surface area contributed by atoms with E-state index in [4.69, 9.17) is 0 Å². The first-order valence-electron chi connectivity index (χ1n) is 20.2. The maximum atomic E-state index is 2.43. The number of hydrogen-bond donors (Lipinski definition) is 0. The first-order valence-corrected chi connectivity index (χ1v) is 21.0. The summed E-state index contributed by atoms with van der Waals surface area (Å²) in [6.07, 6.45) is 2.23. The fourth-order valence-corrected chi connectivity index (χ4v) is 10.5. The highest BCUT2D eigenvalue weighted by atomic mass is 32.1. The minimum Gasteiger partial charge on any atom is -0.315 e. The van der Waals surface area contributed by atoms with Gasteiger partial charge in [-0.25, -0.2) is 0 Å². The molecule has 0 fully saturated rings. The Morgan fingerprint density at radius 3 is 1.78 bits per heavy atom. The Bertz CT molecular complexity index is 3540. The average molecular weight is 769 g/mol. The first kappa shape index (κ1) is 33.7. The molecule has 9 aromatic carbocycles. The summed E-state index contributed by atoms with van der Waals surface area (Å²) in [6.45, 7) is 0. The third-order valence-electron chi connectivity index (χ3n) is 12.0. The molecular formula is C56H36N2S. The number of rotatable bonds is 6. The standard InChI is InChI=1S/C56H36N2S/c1-2-14-40(15-3-1)54-49-20-6-8-24-50(49)57-36-35-41-17-11-22-46(53(41)55(54)57)39-29-33-43(34-30-39)58(51-25-12-23-48-47-19-7-9-26-52(47)59-56(48)51)42-31-27-38(28-32-42)45-21-10-16-37-13-4-5-18-44(37)45/h1-36H. The lowest BCUT2D eigenvalue weighted by Crippen LogP contribution is -2.10. The summed E-state index contributed by atoms with van der Waals surface area (Å²) in [5.41, 5.74) is 13.2. The number of benzene rings is 9. The summed E-state index contributed by atoms with van der Waals surface area (Å²) in [6, 6.07) is 77.6. The molecule has 0 saturated heterocycles. The van der Waals surface area contributed by atoms with E-state index >= 15 is 0 Å². The van der Waals surface area contributed by atoms with Crippen LogP contribution in [0, 0.1) is 0 Å². The number of thiophene rings is 1. The van der Waals surface area contributed by atoms with Crippen molar-refractivity contribution in [3.05, 3.63) is 219 Å². The smallest absolute Gasteiger partial charge is 0.0640 e. The molecule has 12 rings (SSSR count). The molecule has 0 aliphatic heterocycles. The average Bonchev–Trinajstić information content (AvgIpc) is 3.86. The second-order valence-electron chi connectivity index (χ2n) is 15.3. The maximum Gasteiger partial charge on any atom is 0.0640 e. The van der Waals surface area contributed by atoms with Crippen LogP contribution < -0.4 is 4.90 Å². The van der Waals surface area contributed by atoms with Crippen molar-refractivity contribution in [3.63, 3.8) is 0 Å². The second kappa shape index (κ2) is 13.6. The molecule has 276 valence electrons. The van der Waals surface area contributed by atoms with Gasteiger partial charge in [-0.15, -0.1) is 11.3 Å². The van der Waals surface area contributed by atoms with Gasteiger partial charge in [-0.05, 0) is 92.5 Å². The largest absolute Gasteiger partial charge is 0.315 e. The molecular weight excluding hydrogens is 733 g/mol. The summed E-state index contributed by atoms with van der Waals surface area (Å²) < 4.78 is 4.96. The molecule has 0 bridgehead atoms. The zero-order chi connectivity index (χ0) is 38.9. The number of para-hydroxylation sites is 1. The molecule has 12 aromatic rings. The van der Waals surface area contributed by atoms with E-state index < -0.39 is 0 Å². The van der Waals surface area contributed by atoms with Crippen LogP contribution in [0.5, 0.6) is 0 Å². The molecule has 2 nitrogen and oxygen atoms in total. The van der Waals surface area contributed by atoms with Crippen LogP contribution in [0.2, 0.25) is 0 Å². The Kier molecular flexibility index (Phi) is 7.75. The van der Waals surface area contributed by atoms with Gasteiger partial charge in [0.25, 0.3) is 0 Å². The summed E-state index contributed by atoms with van der Waals surface area (Å²) in [4.78, 5) is 2.43. The quantitative estimate of drug-likeness (QED) is 0.163. The number of hydrogen-bond acceptors (Lipinski definition) is 2. The lowest BCUT2D eigenvalue weighted by Gasteiger charge is -2.26. The van der Waals surface area contributed by atoms with Crippen LogP contribution in [0.15, 0.2) is 219 Å². The molecule has 0 N–H and O–H groups in total. The van der Waals surface area contributed by atoms with Crippen LogP contribution in [-0.4, -0.2) is 4.40 Å². The summed E-state index contributed by atoms with van der Waals surface area (Å²) in [7, 11) is 0. The molecule has 3 heterocycles. The van der Waals surface area contributed by atoms with E-state index in [1.165, 1.54) is 97.2 Å². The zero-order valence-electron chi connectivity index (χ0n) is 32.1. The van der Waals surface area contributed by atoms with E-state index in [0.717, 1.165) is 11.4 Å². The first-order chi connectivity index (χ1) is 29.3. The van der Waals surface area contributed by atoms with Crippen molar-refractivity contribution in [1.29, 1.82) is 0 Å². The van der Waals surface area contributed by atoms with Crippen molar-refractivity contribution < 1.29 is 0 Å². The lowest BCUT2D eigenvalue weighted by molar-refractivity contribution is 1.27. The van der Waals surface area contributed by atoms with Gasteiger partial charge in [-0.3, -0.25) is 0 Å². The van der Waals surface area contributed by atoms with Gasteiger partial charge in [-0.1, -0.05) is 164 Å². The van der Waals surface area contributed by atoms with Gasteiger partial charge in [0, 0.05) is 49.4 Å². The highest BCUT2D eigenvalue weighted by Gasteiger charge is 2.21. The molecule has 0 saturated carbocycles. The highest BCUT2D eigenvalue weighted by Crippen LogP contribution is 2.47. The fraction of sp³-hybridized carbons (Fsp3) is 0. The van der Waals surface area contributed by atoms with E-state index in [2.05, 4.69) is 228 Å². The minimum atomic E-state index is 1.11. The van der Waals surface area contributed by atoms with Crippen molar-refractivity contribution in [2.75, 3.05) is 4.90 Å². The second-order valence-corrected chi connectivity index (χ2v) is 16.3. The van der Waals surface area contributed by atoms with Crippen molar-refractivity contribution >= 4 is 86.5 Å². The van der Waals surface area contributed by atoms with Crippen LogP contribution in [-0.2, 0) is 0 Å². The molecule has 0 aliphatic carbocycles. The van der Waals surface area contributed by atoms with E-state index in [9.17, 15) is 0 Å². The van der Waals surface area contributed by atoms with E-state index in [-0.39, 0.29) is 0 Å². The van der Waals surface area contributed by atoms with Gasteiger partial charge in [0.05, 0.1) is 21.4 Å². The predicted octanol–water partition coefficient (Wildman–Crippen LogP) is 16.2. The monoisotopic (exact) mass is 768 g/mol. The van der Waals surface area contributed by atoms with E-state index in [0.29, 0.717) is 0 Å². The highest BCUT2D eigenvalue weighted by molar-refractivity contribution is 7.26. The van der Waals surface area contributed by atoms with Crippen LogP contribution in [0.1, 0.15) is 0 Å². The topological polar surface area (TPSA) is 7.65 Å². The van der Waals surface area contributed by atoms with Crippen LogP contribution in [0.4, 0.5) is 17.1 Å². The SMILES string of the molecule is c1ccc(-c2c3ccccc3n3ccc4cccc(-c5ccc(N(c6ccc(-c7cccc8ccccc78)cc6)c6cccc7c6sc6ccccc67)cc5)c4c23)cc1. The van der Waals surface area contributed by atoms with Gasteiger partial charge >= 0.3 is 0 Å². The van der Waals surface area contributed by atoms with Gasteiger partial charge in [0.15, 0.2) is 0 Å². The molecule has 0 unspecified atom stereocenters. The third-order valence-corrected chi connectivity index (χ3v) is 13.2. The van der Waals surface area contributed by atoms with Crippen LogP contribution in [0.25, 0.3) is 91.5 Å². The predicted molar refractivity (Wildman–Crippen MR) is 254 cm³/mol. The van der Waals surface area contributed by atoms with Gasteiger partial charge in [-0.2, -0.15) is 0 Å². The Hall–Kier alpha value is -7.46. The van der Waals surface area contributed by atoms with Crippen molar-refractivity contribution in [2.24, 2.45) is 0 Å². The number of fused-ring (bicyclic) bond motifs is 9. The van der Waals surface area contributed by atoms with Crippen LogP contribution in [0.3, 0.4) is 0 Å². The number of nitrogens with zero attached hydrogens (tertiary/aromatic N) is 2. The molecule has 59 heavy (non-hydrogen) atoms. The van der Waals surface area contributed by atoms with Crippen molar-refractivity contribution in [2.45, 2.75) is 0 Å². The Labute approximate surface area is 346 Å². The van der Waals surface area contributed by atoms with Gasteiger partial charge < -0.3 is 9.30 Å². The molecule has 0 spiro atoms. The molecule has 0 aliphatic rings. The van der Waals surface area contributed by atoms with E-state index in [1.54, 1.807) is 0 Å². The number of pyridine rings is 1. The number of aromatic nitrogens is 1. The number of anilines is 3. The molecule has 3 aromatic heterocycles. The van der Waals surface area contributed by atoms with Crippen molar-refractivity contribution in [1.82, 2.24) is 4.40 Å². The van der Waals surface area contributed by atoms with Crippen LogP contribution >= 0.6 is 11.3 Å². The lowest BCUT2D eigenvalue weighted by atomic mass is 9.94. The summed E-state index contributed by atoms with van der Waals surface area (Å²) in [5, 5.41) is 8.84. The molecule has 0 amide bonds. The minimum absolute atomic E-state index is 1.11. The molecule has 0 radical (unpaired) electrons. The third kappa shape index (κ3) is 5.40. The van der Waals surface area contributed by atoms with Gasteiger partial charge in [0.2, 0.25) is 0 Å². The summed E-state index contributed by atoms with van der Waals surface area (Å²) in [5.74, 6) is 0. The van der Waals surface area contributed by atoms with Gasteiger partial charge in [0.1, 0.15) is 0 Å². The fourth-order valence-electron chi connectivity index (χ4n) is 9.32. The Balaban J connectivity index is 1.04. The van der Waals surface area contributed by atoms with E-state index in [1.807, 2.05) is 11.3 Å². The molecule has 3 heteroatoms. The molecule has 0 atom stereocenters. The Morgan fingerprint density at radius 1 is 0.390 bits per heavy atom. The summed E-state index contributed by atoms with van der Waals surface area (Å²) >= 11 is 1.87. The van der Waals surface area contributed by atoms with Crippen molar-refractivity contribution in [3.8, 4) is 33.4 Å². The Morgan fingerprint density at radius 2 is 0.983 bits per heavy atom. The maximum absolute atomic E-state index is 2.43. The zero-order valence-corrected chi connectivity index (χ0v) is 32.9.